The van der Waals surface area contributed by atoms with Crippen molar-refractivity contribution in [3.63, 3.8) is 0 Å². The van der Waals surface area contributed by atoms with Crippen molar-refractivity contribution in [2.75, 3.05) is 30.1 Å². The fourth-order valence-electron chi connectivity index (χ4n) is 2.68. The van der Waals surface area contributed by atoms with Gasteiger partial charge in [-0.25, -0.2) is 4.39 Å². The molecule has 0 bridgehead atoms. The molecular weight excluding hydrogens is 398 g/mol. The first-order valence-corrected chi connectivity index (χ1v) is 10.1. The standard InChI is InChI=1S/C19H17F4NOS2/c1-25-16-5-3-2-4-15(16)24-9-11-27-18(24)8-10-26-17-12-13(19(21,22)23)6-7-14(17)20/h2-8,12H,9-11H2,1H3/b18-8+. The number of nitrogens with zero attached hydrogens (tertiary/aromatic N) is 1. The van der Waals surface area contributed by atoms with E-state index in [1.54, 1.807) is 18.9 Å². The number of hydrogen-bond donors (Lipinski definition) is 0. The van der Waals surface area contributed by atoms with Gasteiger partial charge in [-0.15, -0.1) is 23.5 Å². The van der Waals surface area contributed by atoms with Crippen molar-refractivity contribution in [1.82, 2.24) is 0 Å². The highest BCUT2D eigenvalue weighted by Crippen LogP contribution is 2.39. The van der Waals surface area contributed by atoms with Crippen LogP contribution in [0.4, 0.5) is 23.2 Å². The van der Waals surface area contributed by atoms with Crippen molar-refractivity contribution in [2.24, 2.45) is 0 Å². The van der Waals surface area contributed by atoms with Gasteiger partial charge in [-0.05, 0) is 36.4 Å². The van der Waals surface area contributed by atoms with E-state index in [1.165, 1.54) is 0 Å². The molecule has 2 aromatic rings. The van der Waals surface area contributed by atoms with Gasteiger partial charge in [0.15, 0.2) is 0 Å². The topological polar surface area (TPSA) is 12.5 Å². The molecule has 1 fully saturated rings. The molecule has 1 saturated heterocycles. The number of anilines is 1. The van der Waals surface area contributed by atoms with Crippen LogP contribution in [0.5, 0.6) is 5.75 Å². The average Bonchev–Trinajstić information content (AvgIpc) is 3.10. The molecule has 0 aromatic heterocycles. The van der Waals surface area contributed by atoms with Crippen LogP contribution in [0.1, 0.15) is 5.56 Å². The Bertz CT molecular complexity index is 839. The van der Waals surface area contributed by atoms with Gasteiger partial charge in [-0.2, -0.15) is 13.2 Å². The number of benzene rings is 2. The first-order chi connectivity index (χ1) is 12.9. The molecule has 0 aliphatic carbocycles. The molecule has 1 aliphatic heterocycles. The van der Waals surface area contributed by atoms with Gasteiger partial charge in [0.05, 0.1) is 23.4 Å². The lowest BCUT2D eigenvalue weighted by atomic mass is 10.2. The number of hydrogen-bond acceptors (Lipinski definition) is 4. The fourth-order valence-corrected chi connectivity index (χ4v) is 4.66. The Hall–Kier alpha value is -1.80. The molecule has 1 aliphatic rings. The van der Waals surface area contributed by atoms with Crippen LogP contribution < -0.4 is 9.64 Å². The molecule has 0 radical (unpaired) electrons. The molecule has 0 N–H and O–H groups in total. The lowest BCUT2D eigenvalue weighted by Crippen LogP contribution is -2.17. The molecule has 0 unspecified atom stereocenters. The van der Waals surface area contributed by atoms with Gasteiger partial charge < -0.3 is 9.64 Å². The average molecular weight is 415 g/mol. The highest BCUT2D eigenvalue weighted by Gasteiger charge is 2.31. The predicted octanol–water partition coefficient (Wildman–Crippen LogP) is 6.04. The van der Waals surface area contributed by atoms with E-state index in [4.69, 9.17) is 4.74 Å². The molecule has 0 spiro atoms. The van der Waals surface area contributed by atoms with Crippen molar-refractivity contribution < 1.29 is 22.3 Å². The Kier molecular flexibility index (Phi) is 6.26. The molecule has 8 heteroatoms. The Morgan fingerprint density at radius 1 is 1.22 bits per heavy atom. The third-order valence-electron chi connectivity index (χ3n) is 3.96. The van der Waals surface area contributed by atoms with Crippen LogP contribution in [0.25, 0.3) is 0 Å². The van der Waals surface area contributed by atoms with Gasteiger partial charge in [-0.3, -0.25) is 0 Å². The molecule has 0 amide bonds. The van der Waals surface area contributed by atoms with E-state index in [2.05, 4.69) is 4.90 Å². The maximum atomic E-state index is 13.9. The zero-order valence-corrected chi connectivity index (χ0v) is 16.1. The maximum Gasteiger partial charge on any atom is 0.416 e. The largest absolute Gasteiger partial charge is 0.495 e. The van der Waals surface area contributed by atoms with Crippen LogP contribution in [0.15, 0.2) is 58.5 Å². The number of para-hydroxylation sites is 2. The zero-order chi connectivity index (χ0) is 19.4. The minimum Gasteiger partial charge on any atom is -0.495 e. The maximum absolute atomic E-state index is 13.9. The third kappa shape index (κ3) is 4.73. The summed E-state index contributed by atoms with van der Waals surface area (Å²) in [5.41, 5.74) is 0.0939. The van der Waals surface area contributed by atoms with E-state index >= 15 is 0 Å². The molecule has 2 aromatic carbocycles. The summed E-state index contributed by atoms with van der Waals surface area (Å²) in [6.07, 6.45) is -2.57. The molecule has 2 nitrogen and oxygen atoms in total. The number of ether oxygens (including phenoxy) is 1. The van der Waals surface area contributed by atoms with E-state index in [0.717, 1.165) is 58.7 Å². The SMILES string of the molecule is COc1ccccc1N1CCS/C1=C/CSc1cc(C(F)(F)F)ccc1F. The summed E-state index contributed by atoms with van der Waals surface area (Å²) < 4.78 is 57.7. The van der Waals surface area contributed by atoms with Crippen LogP contribution in [0.2, 0.25) is 0 Å². The van der Waals surface area contributed by atoms with Crippen LogP contribution in [-0.2, 0) is 6.18 Å². The zero-order valence-electron chi connectivity index (χ0n) is 14.4. The second-order valence-corrected chi connectivity index (χ2v) is 7.85. The Morgan fingerprint density at radius 2 is 2.00 bits per heavy atom. The summed E-state index contributed by atoms with van der Waals surface area (Å²) in [5, 5.41) is 0.986. The summed E-state index contributed by atoms with van der Waals surface area (Å²) in [5.74, 6) is 1.37. The molecular formula is C19H17F4NOS2. The Labute approximate surface area is 163 Å². The minimum atomic E-state index is -4.48. The van der Waals surface area contributed by atoms with Crippen molar-refractivity contribution in [3.8, 4) is 5.75 Å². The molecule has 0 saturated carbocycles. The normalized spacial score (nSPS) is 16.2. The van der Waals surface area contributed by atoms with Crippen LogP contribution in [0, 0.1) is 5.82 Å². The predicted molar refractivity (Wildman–Crippen MR) is 103 cm³/mol. The van der Waals surface area contributed by atoms with Gasteiger partial charge in [-0.1, -0.05) is 12.1 Å². The number of thioether (sulfide) groups is 2. The molecule has 1 heterocycles. The Balaban J connectivity index is 1.74. The van der Waals surface area contributed by atoms with Gasteiger partial charge in [0, 0.05) is 22.9 Å². The number of alkyl halides is 3. The summed E-state index contributed by atoms with van der Waals surface area (Å²) in [6.45, 7) is 0.805. The Morgan fingerprint density at radius 3 is 2.74 bits per heavy atom. The highest BCUT2D eigenvalue weighted by atomic mass is 32.2. The molecule has 27 heavy (non-hydrogen) atoms. The van der Waals surface area contributed by atoms with Crippen molar-refractivity contribution in [3.05, 3.63) is 65.0 Å². The van der Waals surface area contributed by atoms with E-state index in [-0.39, 0.29) is 4.90 Å². The minimum absolute atomic E-state index is 0.00601. The van der Waals surface area contributed by atoms with E-state index in [1.807, 2.05) is 30.3 Å². The summed E-state index contributed by atoms with van der Waals surface area (Å²) in [7, 11) is 1.61. The molecule has 0 atom stereocenters. The summed E-state index contributed by atoms with van der Waals surface area (Å²) in [4.78, 5) is 2.10. The first kappa shape index (κ1) is 19.9. The lowest BCUT2D eigenvalue weighted by molar-refractivity contribution is -0.137. The second-order valence-electron chi connectivity index (χ2n) is 5.67. The lowest BCUT2D eigenvalue weighted by Gasteiger charge is -2.21. The second kappa shape index (κ2) is 8.48. The monoisotopic (exact) mass is 415 g/mol. The van der Waals surface area contributed by atoms with E-state index in [9.17, 15) is 17.6 Å². The van der Waals surface area contributed by atoms with E-state index < -0.39 is 17.6 Å². The smallest absolute Gasteiger partial charge is 0.416 e. The van der Waals surface area contributed by atoms with Gasteiger partial charge in [0.1, 0.15) is 11.6 Å². The van der Waals surface area contributed by atoms with Gasteiger partial charge in [0.2, 0.25) is 0 Å². The molecule has 3 rings (SSSR count). The number of rotatable bonds is 5. The number of halogens is 4. The van der Waals surface area contributed by atoms with Crippen LogP contribution in [0.3, 0.4) is 0 Å². The van der Waals surface area contributed by atoms with Gasteiger partial charge in [0.25, 0.3) is 0 Å². The van der Waals surface area contributed by atoms with Crippen molar-refractivity contribution in [2.45, 2.75) is 11.1 Å². The first-order valence-electron chi connectivity index (χ1n) is 8.13. The highest BCUT2D eigenvalue weighted by molar-refractivity contribution is 8.03. The van der Waals surface area contributed by atoms with Crippen LogP contribution in [-0.4, -0.2) is 25.2 Å². The van der Waals surface area contributed by atoms with Gasteiger partial charge >= 0.3 is 6.18 Å². The third-order valence-corrected chi connectivity index (χ3v) is 5.99. The van der Waals surface area contributed by atoms with E-state index in [0.29, 0.717) is 5.75 Å². The number of methoxy groups -OCH3 is 1. The fraction of sp³-hybridized carbons (Fsp3) is 0.263. The van der Waals surface area contributed by atoms with Crippen LogP contribution >= 0.6 is 23.5 Å². The summed E-state index contributed by atoms with van der Waals surface area (Å²) >= 11 is 2.70. The quantitative estimate of drug-likeness (QED) is 0.436. The summed E-state index contributed by atoms with van der Waals surface area (Å²) in [6, 6.07) is 10.1. The van der Waals surface area contributed by atoms with Crippen molar-refractivity contribution >= 4 is 29.2 Å². The van der Waals surface area contributed by atoms with Crippen molar-refractivity contribution in [1.29, 1.82) is 0 Å². The molecule has 144 valence electrons.